The normalized spacial score (nSPS) is 12.9. The molecule has 0 saturated carbocycles. The minimum atomic E-state index is 1.10. The minimum Gasteiger partial charge on any atom is -0.310 e. The Morgan fingerprint density at radius 3 is 1.03 bits per heavy atom. The predicted octanol–water partition coefficient (Wildman–Crippen LogP) is 16.2. The average Bonchev–Trinajstić information content (AvgIpc) is 3.32. The zero-order valence-electron chi connectivity index (χ0n) is 33.5. The van der Waals surface area contributed by atoms with Crippen molar-refractivity contribution in [1.82, 2.24) is 0 Å². The molecule has 0 bridgehead atoms. The maximum atomic E-state index is 2.38. The van der Waals surface area contributed by atoms with Gasteiger partial charge in [-0.05, 0) is 165 Å². The number of benzene rings is 9. The van der Waals surface area contributed by atoms with E-state index in [2.05, 4.69) is 228 Å². The first kappa shape index (κ1) is 35.7. The fourth-order valence-corrected chi connectivity index (χ4v) is 9.09. The highest BCUT2D eigenvalue weighted by Crippen LogP contribution is 2.41. The van der Waals surface area contributed by atoms with Gasteiger partial charge in [0.05, 0.1) is 0 Å². The Morgan fingerprint density at radius 2 is 0.617 bits per heavy atom. The summed E-state index contributed by atoms with van der Waals surface area (Å²) in [6.45, 7) is 0. The van der Waals surface area contributed by atoms with Crippen molar-refractivity contribution in [1.29, 1.82) is 0 Å². The Bertz CT molecular complexity index is 2870. The number of anilines is 6. The molecule has 0 saturated heterocycles. The second kappa shape index (κ2) is 15.4. The van der Waals surface area contributed by atoms with Gasteiger partial charge in [0.15, 0.2) is 0 Å². The van der Waals surface area contributed by atoms with Crippen molar-refractivity contribution in [2.24, 2.45) is 0 Å². The van der Waals surface area contributed by atoms with Crippen molar-refractivity contribution in [3.63, 3.8) is 0 Å². The van der Waals surface area contributed by atoms with Crippen molar-refractivity contribution in [3.05, 3.63) is 229 Å². The van der Waals surface area contributed by atoms with Gasteiger partial charge in [0.25, 0.3) is 0 Å². The average molecular weight is 769 g/mol. The predicted molar refractivity (Wildman–Crippen MR) is 256 cm³/mol. The third-order valence-electron chi connectivity index (χ3n) is 12.3. The van der Waals surface area contributed by atoms with Gasteiger partial charge in [-0.1, -0.05) is 146 Å². The molecular weight excluding hydrogens is 725 g/mol. The highest BCUT2D eigenvalue weighted by atomic mass is 15.1. The SMILES string of the molecule is C1=Cc2cc(N(c3ccc(-c4ccc(-c5ccc(N(c6ccc7c(c6)C=CCC7)c6ccc7ccccc7c6)cc5)cc4)cc3)c3ccc4ccccc4c3)ccc2CC1. The molecule has 60 heavy (non-hydrogen) atoms. The summed E-state index contributed by atoms with van der Waals surface area (Å²) in [6.07, 6.45) is 13.5. The van der Waals surface area contributed by atoms with Gasteiger partial charge in [-0.15, -0.1) is 0 Å². The Hall–Kier alpha value is -7.42. The maximum Gasteiger partial charge on any atom is 0.0468 e. The summed E-state index contributed by atoms with van der Waals surface area (Å²) in [6, 6.07) is 71.6. The molecule has 0 atom stereocenters. The molecule has 0 heterocycles. The standard InChI is InChI=1S/C58H44N2/c1-5-13-49-37-55(33-25-41(49)9-1)59(56-34-26-42-10-2-6-14-50(42)38-56)53-29-21-47(22-30-53)45-17-19-46(20-18-45)48-23-31-54(32-24-48)60(57-35-27-43-11-3-7-15-51(43)39-57)58-36-28-44-12-4-8-16-52(44)40-58/h1,3,5-9,11,13-40H,2,4,10,12H2. The molecule has 0 radical (unpaired) electrons. The van der Waals surface area contributed by atoms with Crippen LogP contribution in [0, 0.1) is 0 Å². The fourth-order valence-electron chi connectivity index (χ4n) is 9.09. The Morgan fingerprint density at radius 1 is 0.283 bits per heavy atom. The molecule has 0 amide bonds. The first-order chi connectivity index (χ1) is 29.7. The molecule has 2 aliphatic carbocycles. The lowest BCUT2D eigenvalue weighted by Crippen LogP contribution is -2.11. The van der Waals surface area contributed by atoms with E-state index < -0.39 is 0 Å². The number of nitrogens with zero attached hydrogens (tertiary/aromatic N) is 2. The van der Waals surface area contributed by atoms with Crippen LogP contribution in [0.25, 0.3) is 56.0 Å². The fraction of sp³-hybridized carbons (Fsp3) is 0.0690. The van der Waals surface area contributed by atoms with Crippen molar-refractivity contribution < 1.29 is 0 Å². The summed E-state index contributed by atoms with van der Waals surface area (Å²) in [5.74, 6) is 0. The lowest BCUT2D eigenvalue weighted by atomic mass is 9.96. The van der Waals surface area contributed by atoms with Gasteiger partial charge in [0.2, 0.25) is 0 Å². The van der Waals surface area contributed by atoms with E-state index >= 15 is 0 Å². The number of aryl methyl sites for hydroxylation is 2. The van der Waals surface area contributed by atoms with Crippen molar-refractivity contribution >= 4 is 67.8 Å². The van der Waals surface area contributed by atoms with E-state index in [1.807, 2.05) is 0 Å². The number of hydrogen-bond acceptors (Lipinski definition) is 2. The van der Waals surface area contributed by atoms with Crippen LogP contribution < -0.4 is 9.80 Å². The number of hydrogen-bond donors (Lipinski definition) is 0. The highest BCUT2D eigenvalue weighted by Gasteiger charge is 2.18. The van der Waals surface area contributed by atoms with E-state index in [1.54, 1.807) is 0 Å². The summed E-state index contributed by atoms with van der Waals surface area (Å²) in [5.41, 5.74) is 17.1. The second-order valence-corrected chi connectivity index (χ2v) is 16.1. The molecule has 0 N–H and O–H groups in total. The lowest BCUT2D eigenvalue weighted by molar-refractivity contribution is 0.985. The van der Waals surface area contributed by atoms with Gasteiger partial charge < -0.3 is 9.80 Å². The zero-order chi connectivity index (χ0) is 39.8. The van der Waals surface area contributed by atoms with Gasteiger partial charge in [-0.25, -0.2) is 0 Å². The van der Waals surface area contributed by atoms with Gasteiger partial charge in [0.1, 0.15) is 0 Å². The number of fused-ring (bicyclic) bond motifs is 4. The summed E-state index contributed by atoms with van der Waals surface area (Å²) in [7, 11) is 0. The Kier molecular flexibility index (Phi) is 9.17. The molecule has 9 aromatic carbocycles. The van der Waals surface area contributed by atoms with Crippen molar-refractivity contribution in [2.75, 3.05) is 9.80 Å². The first-order valence-electron chi connectivity index (χ1n) is 21.2. The van der Waals surface area contributed by atoms with Crippen LogP contribution in [-0.4, -0.2) is 0 Å². The molecular formula is C58H44N2. The van der Waals surface area contributed by atoms with E-state index in [1.165, 1.54) is 77.4 Å². The third kappa shape index (κ3) is 6.86. The van der Waals surface area contributed by atoms with Crippen LogP contribution in [0.15, 0.2) is 206 Å². The van der Waals surface area contributed by atoms with Crippen LogP contribution in [0.3, 0.4) is 0 Å². The molecule has 0 aliphatic heterocycles. The summed E-state index contributed by atoms with van der Waals surface area (Å²) >= 11 is 0. The van der Waals surface area contributed by atoms with Crippen LogP contribution >= 0.6 is 0 Å². The van der Waals surface area contributed by atoms with E-state index in [4.69, 9.17) is 0 Å². The number of rotatable bonds is 8. The lowest BCUT2D eigenvalue weighted by Gasteiger charge is -2.27. The van der Waals surface area contributed by atoms with Gasteiger partial charge in [-0.3, -0.25) is 0 Å². The Balaban J connectivity index is 0.882. The summed E-state index contributed by atoms with van der Waals surface area (Å²) < 4.78 is 0. The van der Waals surface area contributed by atoms with Crippen molar-refractivity contribution in [3.8, 4) is 22.3 Å². The molecule has 0 unspecified atom stereocenters. The smallest absolute Gasteiger partial charge is 0.0468 e. The highest BCUT2D eigenvalue weighted by molar-refractivity contribution is 5.91. The monoisotopic (exact) mass is 768 g/mol. The second-order valence-electron chi connectivity index (χ2n) is 16.1. The largest absolute Gasteiger partial charge is 0.310 e. The van der Waals surface area contributed by atoms with Gasteiger partial charge in [0, 0.05) is 34.1 Å². The van der Waals surface area contributed by atoms with Gasteiger partial charge >= 0.3 is 0 Å². The molecule has 9 aromatic rings. The van der Waals surface area contributed by atoms with Crippen LogP contribution in [-0.2, 0) is 12.8 Å². The van der Waals surface area contributed by atoms with E-state index in [-0.39, 0.29) is 0 Å². The zero-order valence-corrected chi connectivity index (χ0v) is 33.5. The first-order valence-corrected chi connectivity index (χ1v) is 21.2. The Labute approximate surface area is 352 Å². The molecule has 0 spiro atoms. The van der Waals surface area contributed by atoms with E-state index in [0.29, 0.717) is 0 Å². The summed E-state index contributed by atoms with van der Waals surface area (Å²) in [5, 5.41) is 4.96. The third-order valence-corrected chi connectivity index (χ3v) is 12.3. The molecule has 2 aliphatic rings. The maximum absolute atomic E-state index is 2.38. The molecule has 2 heteroatoms. The van der Waals surface area contributed by atoms with Crippen LogP contribution in [0.2, 0.25) is 0 Å². The van der Waals surface area contributed by atoms with Gasteiger partial charge in [-0.2, -0.15) is 0 Å². The molecule has 2 nitrogen and oxygen atoms in total. The van der Waals surface area contributed by atoms with E-state index in [0.717, 1.165) is 48.4 Å². The molecule has 11 rings (SSSR count). The van der Waals surface area contributed by atoms with E-state index in [9.17, 15) is 0 Å². The molecule has 0 fully saturated rings. The van der Waals surface area contributed by atoms with Crippen LogP contribution in [0.1, 0.15) is 35.1 Å². The minimum absolute atomic E-state index is 1.10. The topological polar surface area (TPSA) is 6.48 Å². The van der Waals surface area contributed by atoms with Crippen LogP contribution in [0.5, 0.6) is 0 Å². The van der Waals surface area contributed by atoms with Crippen molar-refractivity contribution in [2.45, 2.75) is 25.7 Å². The summed E-state index contributed by atoms with van der Waals surface area (Å²) in [4.78, 5) is 4.77. The number of allylic oxidation sites excluding steroid dienone is 2. The molecule has 0 aromatic heterocycles. The van der Waals surface area contributed by atoms with Crippen LogP contribution in [0.4, 0.5) is 34.1 Å². The quantitative estimate of drug-likeness (QED) is 0.152. The molecule has 286 valence electrons.